The van der Waals surface area contributed by atoms with Crippen LogP contribution >= 0.6 is 11.8 Å². The molecular formula is C20H34N6S. The molecule has 0 saturated carbocycles. The van der Waals surface area contributed by atoms with Gasteiger partial charge in [-0.2, -0.15) is 11.8 Å². The number of aliphatic imine (C=N–C) groups is 1. The van der Waals surface area contributed by atoms with Gasteiger partial charge in [-0.1, -0.05) is 6.07 Å². The van der Waals surface area contributed by atoms with Gasteiger partial charge in [0.2, 0.25) is 0 Å². The van der Waals surface area contributed by atoms with Crippen LogP contribution in [0.1, 0.15) is 25.0 Å². The van der Waals surface area contributed by atoms with Crippen molar-refractivity contribution in [3.8, 4) is 0 Å². The molecule has 2 N–H and O–H groups in total. The lowest BCUT2D eigenvalue weighted by Crippen LogP contribution is -2.56. The molecule has 2 aliphatic rings. The van der Waals surface area contributed by atoms with Crippen molar-refractivity contribution in [1.82, 2.24) is 20.5 Å². The lowest BCUT2D eigenvalue weighted by molar-refractivity contribution is 0.182. The number of pyridine rings is 1. The Bertz CT molecular complexity index is 633. The summed E-state index contributed by atoms with van der Waals surface area (Å²) in [5.74, 6) is 4.46. The monoisotopic (exact) mass is 390 g/mol. The maximum atomic E-state index is 4.66. The first kappa shape index (κ1) is 20.3. The first-order valence-corrected chi connectivity index (χ1v) is 11.1. The fraction of sp³-hybridized carbons (Fsp3) is 0.700. The normalized spacial score (nSPS) is 24.5. The molecule has 1 aromatic heterocycles. The van der Waals surface area contributed by atoms with Crippen LogP contribution in [-0.2, 0) is 0 Å². The number of hydrogen-bond acceptors (Lipinski definition) is 5. The molecule has 0 bridgehead atoms. The Labute approximate surface area is 168 Å². The second-order valence-electron chi connectivity index (χ2n) is 7.89. The van der Waals surface area contributed by atoms with Gasteiger partial charge in [0.1, 0.15) is 5.82 Å². The number of aryl methyl sites for hydroxylation is 1. The van der Waals surface area contributed by atoms with Gasteiger partial charge in [-0.05, 0) is 58.2 Å². The molecule has 3 rings (SSSR count). The number of nitrogens with one attached hydrogen (secondary N) is 2. The molecule has 2 saturated heterocycles. The number of anilines is 1. The van der Waals surface area contributed by atoms with Crippen LogP contribution in [0.15, 0.2) is 23.2 Å². The molecule has 27 heavy (non-hydrogen) atoms. The van der Waals surface area contributed by atoms with Crippen LogP contribution in [0.5, 0.6) is 0 Å². The van der Waals surface area contributed by atoms with Crippen molar-refractivity contribution in [2.45, 2.75) is 37.8 Å². The molecule has 0 radical (unpaired) electrons. The highest BCUT2D eigenvalue weighted by Crippen LogP contribution is 2.31. The summed E-state index contributed by atoms with van der Waals surface area (Å²) < 4.78 is 0. The van der Waals surface area contributed by atoms with Gasteiger partial charge in [0.25, 0.3) is 0 Å². The Morgan fingerprint density at radius 3 is 2.74 bits per heavy atom. The average molecular weight is 391 g/mol. The second kappa shape index (κ2) is 9.15. The Morgan fingerprint density at radius 2 is 2.15 bits per heavy atom. The van der Waals surface area contributed by atoms with Crippen molar-refractivity contribution in [2.24, 2.45) is 4.99 Å². The first-order valence-electron chi connectivity index (χ1n) is 9.93. The van der Waals surface area contributed by atoms with E-state index in [9.17, 15) is 0 Å². The molecule has 1 unspecified atom stereocenters. The third kappa shape index (κ3) is 5.08. The number of thioether (sulfide) groups is 1. The van der Waals surface area contributed by atoms with Crippen molar-refractivity contribution in [3.63, 3.8) is 0 Å². The molecular weight excluding hydrogens is 356 g/mol. The van der Waals surface area contributed by atoms with Gasteiger partial charge in [-0.3, -0.25) is 4.99 Å². The van der Waals surface area contributed by atoms with E-state index in [4.69, 9.17) is 0 Å². The predicted octanol–water partition coefficient (Wildman–Crippen LogP) is 1.96. The minimum absolute atomic E-state index is 0.239. The average Bonchev–Trinajstić information content (AvgIpc) is 3.16. The van der Waals surface area contributed by atoms with Gasteiger partial charge < -0.3 is 20.4 Å². The molecule has 0 spiro atoms. The summed E-state index contributed by atoms with van der Waals surface area (Å²) in [4.78, 5) is 13.9. The Hall–Kier alpha value is -1.47. The van der Waals surface area contributed by atoms with Crippen LogP contribution in [-0.4, -0.2) is 79.7 Å². The van der Waals surface area contributed by atoms with E-state index in [1.807, 2.05) is 18.8 Å². The van der Waals surface area contributed by atoms with Crippen LogP contribution in [0.3, 0.4) is 0 Å². The highest BCUT2D eigenvalue weighted by Gasteiger charge is 2.36. The molecule has 1 aromatic rings. The third-order valence-corrected chi connectivity index (χ3v) is 7.11. The number of nitrogens with zero attached hydrogens (tertiary/aromatic N) is 4. The first-order chi connectivity index (χ1) is 13.0. The molecule has 7 heteroatoms. The molecule has 2 aliphatic heterocycles. The molecule has 0 aliphatic carbocycles. The molecule has 6 nitrogen and oxygen atoms in total. The van der Waals surface area contributed by atoms with E-state index in [0.29, 0.717) is 6.04 Å². The van der Waals surface area contributed by atoms with Crippen LogP contribution < -0.4 is 15.5 Å². The zero-order valence-corrected chi connectivity index (χ0v) is 18.0. The van der Waals surface area contributed by atoms with Crippen LogP contribution in [0.2, 0.25) is 0 Å². The van der Waals surface area contributed by atoms with Gasteiger partial charge in [0.05, 0.1) is 0 Å². The van der Waals surface area contributed by atoms with E-state index >= 15 is 0 Å². The quantitative estimate of drug-likeness (QED) is 0.592. The fourth-order valence-electron chi connectivity index (χ4n) is 3.84. The largest absolute Gasteiger partial charge is 0.356 e. The minimum Gasteiger partial charge on any atom is -0.356 e. The predicted molar refractivity (Wildman–Crippen MR) is 117 cm³/mol. The van der Waals surface area contributed by atoms with E-state index in [1.165, 1.54) is 17.9 Å². The summed E-state index contributed by atoms with van der Waals surface area (Å²) in [7, 11) is 6.25. The summed E-state index contributed by atoms with van der Waals surface area (Å²) in [6.07, 6.45) is 3.44. The number of guanidine groups is 1. The van der Waals surface area contributed by atoms with E-state index in [2.05, 4.69) is 69.6 Å². The number of hydrogen-bond donors (Lipinski definition) is 2. The number of piperidine rings is 1. The molecule has 1 atom stereocenters. The summed E-state index contributed by atoms with van der Waals surface area (Å²) in [5, 5.41) is 7.22. The fourth-order valence-corrected chi connectivity index (χ4v) is 5.39. The highest BCUT2D eigenvalue weighted by atomic mass is 32.2. The summed E-state index contributed by atoms with van der Waals surface area (Å²) in [5.41, 5.74) is 1.32. The summed E-state index contributed by atoms with van der Waals surface area (Å²) in [6, 6.07) is 6.72. The van der Waals surface area contributed by atoms with E-state index in [1.54, 1.807) is 0 Å². The third-order valence-electron chi connectivity index (χ3n) is 5.87. The van der Waals surface area contributed by atoms with Crippen molar-refractivity contribution < 1.29 is 0 Å². The smallest absolute Gasteiger partial charge is 0.191 e. The van der Waals surface area contributed by atoms with Crippen molar-refractivity contribution >= 4 is 23.5 Å². The highest BCUT2D eigenvalue weighted by molar-refractivity contribution is 7.99. The Morgan fingerprint density at radius 1 is 1.37 bits per heavy atom. The molecule has 0 amide bonds. The van der Waals surface area contributed by atoms with Crippen molar-refractivity contribution in [3.05, 3.63) is 23.9 Å². The molecule has 3 heterocycles. The van der Waals surface area contributed by atoms with E-state index in [-0.39, 0.29) is 5.54 Å². The van der Waals surface area contributed by atoms with Crippen molar-refractivity contribution in [1.29, 1.82) is 0 Å². The summed E-state index contributed by atoms with van der Waals surface area (Å²) in [6.45, 7) is 5.06. The van der Waals surface area contributed by atoms with Gasteiger partial charge in [0.15, 0.2) is 5.96 Å². The van der Waals surface area contributed by atoms with Crippen molar-refractivity contribution in [2.75, 3.05) is 57.2 Å². The lowest BCUT2D eigenvalue weighted by Gasteiger charge is -2.37. The topological polar surface area (TPSA) is 55.8 Å². The zero-order valence-electron chi connectivity index (χ0n) is 17.2. The molecule has 150 valence electrons. The van der Waals surface area contributed by atoms with Crippen LogP contribution in [0.4, 0.5) is 5.82 Å². The lowest BCUT2D eigenvalue weighted by atomic mass is 9.97. The number of aromatic nitrogens is 1. The van der Waals surface area contributed by atoms with Crippen LogP contribution in [0.25, 0.3) is 0 Å². The summed E-state index contributed by atoms with van der Waals surface area (Å²) >= 11 is 2.05. The Kier molecular flexibility index (Phi) is 6.87. The van der Waals surface area contributed by atoms with E-state index in [0.717, 1.165) is 49.9 Å². The molecule has 0 aromatic carbocycles. The number of rotatable bonds is 5. The minimum atomic E-state index is 0.239. The Balaban J connectivity index is 1.48. The number of likely N-dealkylation sites (N-methyl/N-ethyl adjacent to an activating group) is 1. The second-order valence-corrected chi connectivity index (χ2v) is 9.00. The SMILES string of the molecule is CN=C(NCC1(N(C)C)CCSC1)NC1CCN(c2cccc(C)n2)CC1. The van der Waals surface area contributed by atoms with E-state index < -0.39 is 0 Å². The van der Waals surface area contributed by atoms with Crippen LogP contribution in [0, 0.1) is 6.92 Å². The van der Waals surface area contributed by atoms with Gasteiger partial charge in [0, 0.05) is 49.7 Å². The maximum absolute atomic E-state index is 4.66. The maximum Gasteiger partial charge on any atom is 0.191 e. The van der Waals surface area contributed by atoms with Gasteiger partial charge >= 0.3 is 0 Å². The van der Waals surface area contributed by atoms with Gasteiger partial charge in [-0.15, -0.1) is 0 Å². The molecule has 2 fully saturated rings. The van der Waals surface area contributed by atoms with Gasteiger partial charge in [-0.25, -0.2) is 4.98 Å². The standard InChI is InChI=1S/C20H34N6S/c1-16-6-5-7-18(23-16)26-11-8-17(9-12-26)24-19(21-2)22-14-20(25(3)4)10-13-27-15-20/h5-7,17H,8-15H2,1-4H3,(H2,21,22,24). The zero-order chi connectivity index (χ0) is 19.3.